The zero-order chi connectivity index (χ0) is 44.6. The standard InChI is InChI=1S/C53H69F2N7O/c1-8-38(5)60-26-28-61(29-27-60)53-46-32-37(4)50(51(55)52(46)57-35-58-53)45-33-40(17-19-48(45)54)16-14-12-10-11-13-15-23-59-24-21-41(22-25-59)44-31-36(3)30-43-39(6)62(34-47(43)44)42(9-2)18-20-49(63)56-7/h9,17,19,30-33,35,41-42H,2,5-6,8,10-16,18,20-29,34H2,1,3-4,7H3,(H,56,63). The number of anilines is 1. The van der Waals surface area contributed by atoms with Crippen molar-refractivity contribution in [2.75, 3.05) is 57.8 Å². The number of piperazine rings is 1. The Bertz CT molecular complexity index is 2290. The molecule has 4 heterocycles. The number of amides is 1. The fourth-order valence-corrected chi connectivity index (χ4v) is 10.3. The summed E-state index contributed by atoms with van der Waals surface area (Å²) >= 11 is 0. The molecule has 1 amide bonds. The maximum absolute atomic E-state index is 16.4. The zero-order valence-corrected chi connectivity index (χ0v) is 38.4. The molecule has 1 atom stereocenters. The lowest BCUT2D eigenvalue weighted by atomic mass is 9.84. The summed E-state index contributed by atoms with van der Waals surface area (Å²) in [6.45, 7) is 26.4. The van der Waals surface area contributed by atoms with Gasteiger partial charge in [0.2, 0.25) is 5.91 Å². The Morgan fingerprint density at radius 1 is 0.937 bits per heavy atom. The van der Waals surface area contributed by atoms with Gasteiger partial charge in [0, 0.05) is 85.7 Å². The predicted molar refractivity (Wildman–Crippen MR) is 256 cm³/mol. The highest BCUT2D eigenvalue weighted by Crippen LogP contribution is 2.42. The molecule has 0 radical (unpaired) electrons. The van der Waals surface area contributed by atoms with Gasteiger partial charge >= 0.3 is 0 Å². The Morgan fingerprint density at radius 3 is 2.38 bits per heavy atom. The van der Waals surface area contributed by atoms with Gasteiger partial charge in [-0.25, -0.2) is 18.7 Å². The Hall–Kier alpha value is -5.09. The average molecular weight is 858 g/mol. The number of nitrogens with zero attached hydrogens (tertiary/aromatic N) is 6. The molecule has 1 N–H and O–H groups in total. The predicted octanol–water partition coefficient (Wildman–Crippen LogP) is 10.9. The minimum atomic E-state index is -0.491. The van der Waals surface area contributed by atoms with Gasteiger partial charge in [0.1, 0.15) is 23.5 Å². The van der Waals surface area contributed by atoms with E-state index in [1.807, 2.05) is 31.2 Å². The quantitative estimate of drug-likeness (QED) is 0.0744. The Morgan fingerprint density at radius 2 is 1.67 bits per heavy atom. The van der Waals surface area contributed by atoms with Gasteiger partial charge in [0.25, 0.3) is 0 Å². The Labute approximate surface area is 375 Å². The highest BCUT2D eigenvalue weighted by atomic mass is 19.1. The number of hydrogen-bond donors (Lipinski definition) is 1. The third-order valence-corrected chi connectivity index (χ3v) is 14.0. The van der Waals surface area contributed by atoms with E-state index in [9.17, 15) is 4.79 Å². The molecule has 3 aliphatic heterocycles. The summed E-state index contributed by atoms with van der Waals surface area (Å²) in [6.07, 6.45) is 15.7. The number of benzene rings is 3. The summed E-state index contributed by atoms with van der Waals surface area (Å²) in [6, 6.07) is 11.9. The van der Waals surface area contributed by atoms with Crippen molar-refractivity contribution in [1.82, 2.24) is 30.0 Å². The number of halogens is 2. The number of fused-ring (bicyclic) bond motifs is 2. The molecule has 63 heavy (non-hydrogen) atoms. The molecule has 336 valence electrons. The number of carbonyl (C=O) groups is 1. The van der Waals surface area contributed by atoms with E-state index in [1.54, 1.807) is 7.05 Å². The van der Waals surface area contributed by atoms with Crippen LogP contribution in [0.5, 0.6) is 0 Å². The van der Waals surface area contributed by atoms with Gasteiger partial charge in [-0.3, -0.25) is 4.79 Å². The molecule has 10 heteroatoms. The number of carbonyl (C=O) groups excluding carboxylic acids is 1. The first-order chi connectivity index (χ1) is 30.5. The lowest BCUT2D eigenvalue weighted by molar-refractivity contribution is -0.120. The largest absolute Gasteiger partial charge is 0.372 e. The van der Waals surface area contributed by atoms with Crippen molar-refractivity contribution in [3.8, 4) is 11.1 Å². The maximum atomic E-state index is 16.4. The zero-order valence-electron chi connectivity index (χ0n) is 38.4. The van der Waals surface area contributed by atoms with Crippen molar-refractivity contribution in [2.45, 2.75) is 116 Å². The molecule has 0 spiro atoms. The molecule has 1 aromatic heterocycles. The number of aromatic nitrogens is 2. The Balaban J connectivity index is 0.850. The van der Waals surface area contributed by atoms with Crippen LogP contribution >= 0.6 is 0 Å². The van der Waals surface area contributed by atoms with Crippen LogP contribution in [0, 0.1) is 25.5 Å². The second kappa shape index (κ2) is 21.1. The molecule has 8 nitrogen and oxygen atoms in total. The van der Waals surface area contributed by atoms with Gasteiger partial charge in [0.15, 0.2) is 5.82 Å². The van der Waals surface area contributed by atoms with Crippen LogP contribution in [0.1, 0.15) is 117 Å². The first-order valence-electron chi connectivity index (χ1n) is 23.6. The van der Waals surface area contributed by atoms with Gasteiger partial charge in [-0.1, -0.05) is 69.5 Å². The lowest BCUT2D eigenvalue weighted by Crippen LogP contribution is -2.46. The SMILES string of the molecule is C=CC(CCC(=O)NC)N1Cc2c(cc(C)cc2C2CCN(CCCCCCCCc3ccc(F)c(-c4c(C)cc5c(N6CCN(C(=C)CC)CC6)ncnc5c4F)c3)CC2)C1=C. The molecule has 0 bridgehead atoms. The number of nitrogens with one attached hydrogen (secondary N) is 1. The second-order valence-electron chi connectivity index (χ2n) is 18.1. The number of aryl methyl sites for hydroxylation is 3. The fraction of sp³-hybridized carbons (Fsp3) is 0.491. The summed E-state index contributed by atoms with van der Waals surface area (Å²) < 4.78 is 31.8. The molecular weight excluding hydrogens is 789 g/mol. The average Bonchev–Trinajstić information content (AvgIpc) is 3.62. The number of hydrogen-bond acceptors (Lipinski definition) is 7. The van der Waals surface area contributed by atoms with E-state index in [1.165, 1.54) is 73.2 Å². The van der Waals surface area contributed by atoms with Crippen LogP contribution in [0.4, 0.5) is 14.6 Å². The first kappa shape index (κ1) is 45.9. The highest BCUT2D eigenvalue weighted by molar-refractivity contribution is 5.94. The van der Waals surface area contributed by atoms with Crippen molar-refractivity contribution in [2.24, 2.45) is 0 Å². The lowest BCUT2D eigenvalue weighted by Gasteiger charge is -2.37. The van der Waals surface area contributed by atoms with E-state index >= 15 is 8.78 Å². The summed E-state index contributed by atoms with van der Waals surface area (Å²) in [5.74, 6) is 0.420. The van der Waals surface area contributed by atoms with Crippen molar-refractivity contribution in [3.05, 3.63) is 119 Å². The molecule has 0 aliphatic carbocycles. The van der Waals surface area contributed by atoms with Gasteiger partial charge in [-0.15, -0.1) is 6.58 Å². The number of unbranched alkanes of at least 4 members (excludes halogenated alkanes) is 5. The smallest absolute Gasteiger partial charge is 0.219 e. The van der Waals surface area contributed by atoms with Gasteiger partial charge in [-0.2, -0.15) is 0 Å². The van der Waals surface area contributed by atoms with E-state index in [0.717, 1.165) is 107 Å². The van der Waals surface area contributed by atoms with Gasteiger partial charge in [-0.05, 0) is 131 Å². The van der Waals surface area contributed by atoms with Crippen LogP contribution in [0.3, 0.4) is 0 Å². The van der Waals surface area contributed by atoms with Gasteiger partial charge in [0.05, 0.1) is 0 Å². The molecule has 3 aliphatic rings. The van der Waals surface area contributed by atoms with Crippen LogP contribution in [-0.4, -0.2) is 89.5 Å². The first-order valence-corrected chi connectivity index (χ1v) is 23.6. The molecule has 2 fully saturated rings. The van der Waals surface area contributed by atoms with E-state index in [-0.39, 0.29) is 23.0 Å². The van der Waals surface area contributed by atoms with Crippen molar-refractivity contribution in [1.29, 1.82) is 0 Å². The van der Waals surface area contributed by atoms with Crippen LogP contribution in [0.25, 0.3) is 27.7 Å². The minimum Gasteiger partial charge on any atom is -0.372 e. The molecule has 4 aromatic rings. The van der Waals surface area contributed by atoms with Crippen LogP contribution in [-0.2, 0) is 17.8 Å². The summed E-state index contributed by atoms with van der Waals surface area (Å²) in [4.78, 5) is 30.4. The third-order valence-electron chi connectivity index (χ3n) is 14.0. The van der Waals surface area contributed by atoms with Crippen molar-refractivity contribution in [3.63, 3.8) is 0 Å². The van der Waals surface area contributed by atoms with Crippen LogP contribution in [0.15, 0.2) is 74.2 Å². The molecule has 2 saturated heterocycles. The molecule has 7 rings (SSSR count). The monoisotopic (exact) mass is 858 g/mol. The summed E-state index contributed by atoms with van der Waals surface area (Å²) in [5, 5.41) is 3.40. The summed E-state index contributed by atoms with van der Waals surface area (Å²) in [5.41, 5.74) is 10.1. The van der Waals surface area contributed by atoms with Crippen LogP contribution < -0.4 is 10.2 Å². The summed E-state index contributed by atoms with van der Waals surface area (Å²) in [7, 11) is 1.69. The van der Waals surface area contributed by atoms with E-state index in [4.69, 9.17) is 0 Å². The number of piperidine rings is 1. The topological polar surface area (TPSA) is 67.8 Å². The number of likely N-dealkylation sites (tertiary alicyclic amines) is 1. The van der Waals surface area contributed by atoms with Crippen molar-refractivity contribution < 1.29 is 13.6 Å². The normalized spacial score (nSPS) is 16.5. The maximum Gasteiger partial charge on any atom is 0.219 e. The van der Waals surface area contributed by atoms with E-state index in [0.29, 0.717) is 28.9 Å². The fourth-order valence-electron chi connectivity index (χ4n) is 10.3. The molecule has 0 saturated carbocycles. The molecule has 3 aromatic carbocycles. The number of rotatable bonds is 19. The molecule has 1 unspecified atom stereocenters. The molecular formula is C53H69F2N7O. The third kappa shape index (κ3) is 10.5. The van der Waals surface area contributed by atoms with Gasteiger partial charge < -0.3 is 24.9 Å². The van der Waals surface area contributed by atoms with E-state index in [2.05, 4.69) is 80.6 Å². The number of allylic oxidation sites excluding steroid dienone is 1. The highest BCUT2D eigenvalue weighted by Gasteiger charge is 2.32. The van der Waals surface area contributed by atoms with Crippen LogP contribution in [0.2, 0.25) is 0 Å². The van der Waals surface area contributed by atoms with Crippen molar-refractivity contribution >= 4 is 28.3 Å². The second-order valence-corrected chi connectivity index (χ2v) is 18.1. The van der Waals surface area contributed by atoms with E-state index < -0.39 is 11.6 Å². The Kier molecular flexibility index (Phi) is 15.3. The minimum absolute atomic E-state index is 0.0555.